The van der Waals surface area contributed by atoms with Gasteiger partial charge in [-0.1, -0.05) is 6.07 Å². The molecule has 1 aromatic rings. The third kappa shape index (κ3) is 5.19. The first-order valence-corrected chi connectivity index (χ1v) is 9.50. The summed E-state index contributed by atoms with van der Waals surface area (Å²) in [5, 5.41) is 8.92. The number of benzene rings is 1. The molecule has 0 bridgehead atoms. The van der Waals surface area contributed by atoms with Gasteiger partial charge in [0.1, 0.15) is 21.7 Å². The zero-order chi connectivity index (χ0) is 15.4. The van der Waals surface area contributed by atoms with E-state index in [4.69, 9.17) is 10.00 Å². The van der Waals surface area contributed by atoms with Crippen LogP contribution >= 0.6 is 0 Å². The second-order valence-electron chi connectivity index (χ2n) is 4.37. The highest BCUT2D eigenvalue weighted by molar-refractivity contribution is 7.94. The van der Waals surface area contributed by atoms with Crippen LogP contribution in [0.25, 0.3) is 0 Å². The number of nitrogens with zero attached hydrogens (tertiary/aromatic N) is 1. The minimum atomic E-state index is -3.54. The molecule has 1 rings (SSSR count). The number of methoxy groups -OCH3 is 1. The van der Waals surface area contributed by atoms with Gasteiger partial charge in [-0.2, -0.15) is 5.26 Å². The van der Waals surface area contributed by atoms with Crippen molar-refractivity contribution in [2.45, 2.75) is 5.75 Å². The molecule has 0 saturated heterocycles. The number of hydrogen-bond donors (Lipinski definition) is 0. The summed E-state index contributed by atoms with van der Waals surface area (Å²) in [6.45, 7) is 0. The number of sulfone groups is 2. The van der Waals surface area contributed by atoms with Gasteiger partial charge in [0.05, 0.1) is 29.9 Å². The Kier molecular flexibility index (Phi) is 5.14. The fraction of sp³-hybridized carbons (Fsp3) is 0.417. The van der Waals surface area contributed by atoms with Crippen LogP contribution in [0.3, 0.4) is 0 Å². The van der Waals surface area contributed by atoms with Gasteiger partial charge >= 0.3 is 0 Å². The Hall–Kier alpha value is -1.59. The van der Waals surface area contributed by atoms with Crippen LogP contribution in [-0.2, 0) is 25.4 Å². The van der Waals surface area contributed by atoms with E-state index in [0.29, 0.717) is 11.3 Å². The molecular formula is C12H15NO5S2. The summed E-state index contributed by atoms with van der Waals surface area (Å²) in [5.74, 6) is -0.776. The van der Waals surface area contributed by atoms with E-state index < -0.39 is 31.2 Å². The highest BCUT2D eigenvalue weighted by atomic mass is 32.2. The lowest BCUT2D eigenvalue weighted by atomic mass is 10.1. The van der Waals surface area contributed by atoms with E-state index in [0.717, 1.165) is 6.26 Å². The highest BCUT2D eigenvalue weighted by Crippen LogP contribution is 2.20. The van der Waals surface area contributed by atoms with Crippen molar-refractivity contribution in [2.24, 2.45) is 0 Å². The molecule has 0 aliphatic carbocycles. The molecule has 1 aromatic carbocycles. The van der Waals surface area contributed by atoms with Crippen molar-refractivity contribution in [1.29, 1.82) is 5.26 Å². The van der Waals surface area contributed by atoms with Gasteiger partial charge in [-0.3, -0.25) is 0 Å². The number of nitriles is 1. The minimum Gasteiger partial charge on any atom is -0.495 e. The van der Waals surface area contributed by atoms with Crippen molar-refractivity contribution >= 4 is 19.7 Å². The Labute approximate surface area is 118 Å². The van der Waals surface area contributed by atoms with Crippen LogP contribution in [0.2, 0.25) is 0 Å². The largest absolute Gasteiger partial charge is 0.495 e. The number of hydrogen-bond acceptors (Lipinski definition) is 6. The summed E-state index contributed by atoms with van der Waals surface area (Å²) in [6.07, 6.45) is 0.990. The van der Waals surface area contributed by atoms with Gasteiger partial charge in [-0.15, -0.1) is 0 Å². The summed E-state index contributed by atoms with van der Waals surface area (Å²) in [5.41, 5.74) is 0.666. The van der Waals surface area contributed by atoms with Gasteiger partial charge in [-0.25, -0.2) is 16.8 Å². The molecule has 0 amide bonds. The van der Waals surface area contributed by atoms with Gasteiger partial charge in [0.15, 0.2) is 9.84 Å². The quantitative estimate of drug-likeness (QED) is 0.758. The van der Waals surface area contributed by atoms with Crippen molar-refractivity contribution in [1.82, 2.24) is 0 Å². The molecule has 8 heteroatoms. The predicted molar refractivity (Wildman–Crippen MR) is 74.9 cm³/mol. The molecule has 0 N–H and O–H groups in total. The van der Waals surface area contributed by atoms with Crippen molar-refractivity contribution in [3.05, 3.63) is 29.3 Å². The van der Waals surface area contributed by atoms with Crippen molar-refractivity contribution < 1.29 is 21.6 Å². The maximum atomic E-state index is 11.8. The topological polar surface area (TPSA) is 101 Å². The van der Waals surface area contributed by atoms with Gasteiger partial charge in [0.2, 0.25) is 0 Å². The Morgan fingerprint density at radius 3 is 2.35 bits per heavy atom. The molecule has 0 saturated carbocycles. The maximum absolute atomic E-state index is 11.8. The molecule has 0 radical (unpaired) electrons. The second-order valence-corrected chi connectivity index (χ2v) is 8.81. The molecule has 6 nitrogen and oxygen atoms in total. The van der Waals surface area contributed by atoms with Crippen molar-refractivity contribution in [3.63, 3.8) is 0 Å². The molecule has 0 atom stereocenters. The van der Waals surface area contributed by atoms with Crippen LogP contribution < -0.4 is 4.74 Å². The van der Waals surface area contributed by atoms with Gasteiger partial charge in [-0.05, 0) is 17.7 Å². The van der Waals surface area contributed by atoms with Crippen molar-refractivity contribution in [2.75, 3.05) is 24.9 Å². The van der Waals surface area contributed by atoms with Gasteiger partial charge in [0, 0.05) is 6.26 Å². The van der Waals surface area contributed by atoms with Crippen LogP contribution in [0.5, 0.6) is 5.75 Å². The second kappa shape index (κ2) is 6.24. The first-order chi connectivity index (χ1) is 9.17. The first-order valence-electron chi connectivity index (χ1n) is 5.62. The van der Waals surface area contributed by atoms with E-state index in [1.54, 1.807) is 0 Å². The molecular weight excluding hydrogens is 302 g/mol. The smallest absolute Gasteiger partial charge is 0.155 e. The Morgan fingerprint density at radius 2 is 1.85 bits per heavy atom. The molecule has 0 fully saturated rings. The van der Waals surface area contributed by atoms with E-state index in [2.05, 4.69) is 0 Å². The summed E-state index contributed by atoms with van der Waals surface area (Å²) in [6, 6.07) is 6.39. The highest BCUT2D eigenvalue weighted by Gasteiger charge is 2.16. The summed E-state index contributed by atoms with van der Waals surface area (Å²) < 4.78 is 50.6. The van der Waals surface area contributed by atoms with Crippen LogP contribution in [0, 0.1) is 11.3 Å². The van der Waals surface area contributed by atoms with E-state index in [1.165, 1.54) is 25.3 Å². The SMILES string of the molecule is COc1ccc(CS(=O)(=O)CCS(C)(=O)=O)cc1C#N. The minimum absolute atomic E-state index is 0.239. The molecule has 20 heavy (non-hydrogen) atoms. The van der Waals surface area contributed by atoms with Crippen LogP contribution in [-0.4, -0.2) is 41.7 Å². The molecule has 110 valence electrons. The lowest BCUT2D eigenvalue weighted by Crippen LogP contribution is -2.17. The Bertz CT molecular complexity index is 730. The molecule has 0 aliphatic heterocycles. The van der Waals surface area contributed by atoms with Crippen molar-refractivity contribution in [3.8, 4) is 11.8 Å². The molecule has 0 aliphatic rings. The lowest BCUT2D eigenvalue weighted by Gasteiger charge is -2.07. The average molecular weight is 317 g/mol. The molecule has 0 unspecified atom stereocenters. The monoisotopic (exact) mass is 317 g/mol. The Balaban J connectivity index is 2.91. The molecule has 0 aromatic heterocycles. The zero-order valence-corrected chi connectivity index (χ0v) is 12.8. The maximum Gasteiger partial charge on any atom is 0.155 e. The molecule has 0 heterocycles. The van der Waals surface area contributed by atoms with Gasteiger partial charge in [0.25, 0.3) is 0 Å². The fourth-order valence-corrected chi connectivity index (χ4v) is 4.60. The fourth-order valence-electron chi connectivity index (χ4n) is 1.54. The average Bonchev–Trinajstić information content (AvgIpc) is 2.35. The van der Waals surface area contributed by atoms with E-state index in [9.17, 15) is 16.8 Å². The third-order valence-electron chi connectivity index (χ3n) is 2.54. The van der Waals surface area contributed by atoms with Crippen LogP contribution in [0.15, 0.2) is 18.2 Å². The van der Waals surface area contributed by atoms with Crippen LogP contribution in [0.4, 0.5) is 0 Å². The number of rotatable bonds is 6. The standard InChI is InChI=1S/C12H15NO5S2/c1-18-12-4-3-10(7-11(12)8-13)9-20(16,17)6-5-19(2,14)15/h3-4,7H,5-6,9H2,1-2H3. The summed E-state index contributed by atoms with van der Waals surface area (Å²) >= 11 is 0. The first kappa shape index (κ1) is 16.5. The lowest BCUT2D eigenvalue weighted by molar-refractivity contribution is 0.413. The van der Waals surface area contributed by atoms with Crippen LogP contribution in [0.1, 0.15) is 11.1 Å². The van der Waals surface area contributed by atoms with E-state index in [1.807, 2.05) is 6.07 Å². The van der Waals surface area contributed by atoms with E-state index >= 15 is 0 Å². The Morgan fingerprint density at radius 1 is 1.20 bits per heavy atom. The van der Waals surface area contributed by atoms with E-state index in [-0.39, 0.29) is 11.3 Å². The zero-order valence-electron chi connectivity index (χ0n) is 11.2. The van der Waals surface area contributed by atoms with Gasteiger partial charge < -0.3 is 4.74 Å². The summed E-state index contributed by atoms with van der Waals surface area (Å²) in [7, 11) is -5.45. The summed E-state index contributed by atoms with van der Waals surface area (Å²) in [4.78, 5) is 0. The third-order valence-corrected chi connectivity index (χ3v) is 5.34. The predicted octanol–water partition coefficient (Wildman–Crippen LogP) is 0.526. The number of ether oxygens (including phenoxy) is 1. The molecule has 0 spiro atoms. The normalized spacial score (nSPS) is 11.8.